The molecule has 0 amide bonds. The lowest BCUT2D eigenvalue weighted by molar-refractivity contribution is 0.201. The van der Waals surface area contributed by atoms with E-state index in [0.29, 0.717) is 29.5 Å². The Morgan fingerprint density at radius 3 is 2.29 bits per heavy atom. The molecule has 1 saturated heterocycles. The van der Waals surface area contributed by atoms with Gasteiger partial charge in [0, 0.05) is 5.56 Å². The first kappa shape index (κ1) is 18.5. The van der Waals surface area contributed by atoms with Crippen molar-refractivity contribution < 1.29 is 13.5 Å². The van der Waals surface area contributed by atoms with Gasteiger partial charge in [-0.1, -0.05) is 24.3 Å². The molecule has 8 heteroatoms. The van der Waals surface area contributed by atoms with Crippen LogP contribution in [0.25, 0.3) is 22.5 Å². The first-order valence-corrected chi connectivity index (χ1v) is 9.27. The van der Waals surface area contributed by atoms with Crippen molar-refractivity contribution in [3.8, 4) is 28.3 Å². The van der Waals surface area contributed by atoms with Gasteiger partial charge in [-0.15, -0.1) is 10.2 Å². The molecule has 1 N–H and O–H groups in total. The van der Waals surface area contributed by atoms with E-state index in [1.165, 1.54) is 16.9 Å². The zero-order chi connectivity index (χ0) is 19.5. The predicted octanol–water partition coefficient (Wildman–Crippen LogP) is 3.20. The number of benzene rings is 2. The van der Waals surface area contributed by atoms with Crippen LogP contribution < -0.4 is 10.1 Å². The molecule has 2 heterocycles. The number of ether oxygens (including phenoxy) is 1. The normalized spacial score (nSPS) is 15.0. The van der Waals surface area contributed by atoms with Crippen molar-refractivity contribution in [2.24, 2.45) is 13.0 Å². The van der Waals surface area contributed by atoms with Gasteiger partial charge in [0.05, 0.1) is 13.7 Å². The molecular weight excluding hydrogens is 364 g/mol. The lowest BCUT2D eigenvalue weighted by Crippen LogP contribution is -2.30. The third-order valence-corrected chi connectivity index (χ3v) is 4.91. The number of aryl methyl sites for hydroxylation is 1. The van der Waals surface area contributed by atoms with Crippen LogP contribution in [0, 0.1) is 17.6 Å². The minimum absolute atomic E-state index is 0.303. The molecule has 2 aromatic carbocycles. The standard InChI is InChI=1S/C20H21F2N5O/c1-27-25-20(24-26-27)15-4-2-14(3-5-15)16-10-17(21)19(18(22)11-16)28-12-13-6-8-23-9-7-13/h2-5,10-11,13,23H,6-9,12H2,1H3. The highest BCUT2D eigenvalue weighted by Gasteiger charge is 2.18. The van der Waals surface area contributed by atoms with E-state index in [-0.39, 0.29) is 5.75 Å². The number of nitrogens with one attached hydrogen (secondary N) is 1. The molecule has 1 aliphatic rings. The zero-order valence-corrected chi connectivity index (χ0v) is 15.5. The molecule has 1 fully saturated rings. The van der Waals surface area contributed by atoms with Gasteiger partial charge in [0.15, 0.2) is 17.4 Å². The SMILES string of the molecule is Cn1nnc(-c2ccc(-c3cc(F)c(OCC4CCNCC4)c(F)c3)cc2)n1. The second kappa shape index (κ2) is 8.02. The lowest BCUT2D eigenvalue weighted by atomic mass is 9.99. The number of hydrogen-bond donors (Lipinski definition) is 1. The van der Waals surface area contributed by atoms with E-state index in [9.17, 15) is 8.78 Å². The van der Waals surface area contributed by atoms with Gasteiger partial charge >= 0.3 is 0 Å². The quantitative estimate of drug-likeness (QED) is 0.731. The Kier molecular flexibility index (Phi) is 5.29. The summed E-state index contributed by atoms with van der Waals surface area (Å²) in [6, 6.07) is 9.74. The van der Waals surface area contributed by atoms with E-state index in [1.54, 1.807) is 31.3 Å². The first-order valence-electron chi connectivity index (χ1n) is 9.27. The van der Waals surface area contributed by atoms with Crippen LogP contribution in [0.2, 0.25) is 0 Å². The number of aromatic nitrogens is 4. The van der Waals surface area contributed by atoms with Gasteiger partial charge in [-0.25, -0.2) is 8.78 Å². The molecule has 28 heavy (non-hydrogen) atoms. The van der Waals surface area contributed by atoms with E-state index in [0.717, 1.165) is 31.5 Å². The lowest BCUT2D eigenvalue weighted by Gasteiger charge is -2.23. The molecule has 0 aliphatic carbocycles. The highest BCUT2D eigenvalue weighted by Crippen LogP contribution is 2.30. The number of rotatable bonds is 5. The summed E-state index contributed by atoms with van der Waals surface area (Å²) in [6.07, 6.45) is 1.91. The van der Waals surface area contributed by atoms with Crippen molar-refractivity contribution in [2.75, 3.05) is 19.7 Å². The molecule has 146 valence electrons. The molecule has 0 bridgehead atoms. The highest BCUT2D eigenvalue weighted by molar-refractivity contribution is 5.68. The molecule has 6 nitrogen and oxygen atoms in total. The minimum Gasteiger partial charge on any atom is -0.487 e. The average molecular weight is 385 g/mol. The van der Waals surface area contributed by atoms with E-state index >= 15 is 0 Å². The van der Waals surface area contributed by atoms with E-state index in [2.05, 4.69) is 20.7 Å². The fraction of sp³-hybridized carbons (Fsp3) is 0.350. The van der Waals surface area contributed by atoms with Crippen LogP contribution in [-0.2, 0) is 7.05 Å². The maximum atomic E-state index is 14.5. The zero-order valence-electron chi connectivity index (χ0n) is 15.5. The summed E-state index contributed by atoms with van der Waals surface area (Å²) in [7, 11) is 1.69. The smallest absolute Gasteiger partial charge is 0.204 e. The number of hydrogen-bond acceptors (Lipinski definition) is 5. The summed E-state index contributed by atoms with van der Waals surface area (Å²) in [4.78, 5) is 1.37. The van der Waals surface area contributed by atoms with Gasteiger partial charge in [-0.2, -0.15) is 4.80 Å². The van der Waals surface area contributed by atoms with Crippen LogP contribution >= 0.6 is 0 Å². The fourth-order valence-corrected chi connectivity index (χ4v) is 3.33. The fourth-order valence-electron chi connectivity index (χ4n) is 3.33. The van der Waals surface area contributed by atoms with Crippen LogP contribution in [-0.4, -0.2) is 39.9 Å². The third-order valence-electron chi connectivity index (χ3n) is 4.91. The third kappa shape index (κ3) is 4.01. The molecule has 0 spiro atoms. The van der Waals surface area contributed by atoms with Gasteiger partial charge in [-0.3, -0.25) is 0 Å². The van der Waals surface area contributed by atoms with E-state index in [1.807, 2.05) is 0 Å². The summed E-state index contributed by atoms with van der Waals surface area (Å²) < 4.78 is 34.5. The summed E-state index contributed by atoms with van der Waals surface area (Å²) in [5.41, 5.74) is 1.91. The predicted molar refractivity (Wildman–Crippen MR) is 101 cm³/mol. The maximum Gasteiger partial charge on any atom is 0.204 e. The summed E-state index contributed by atoms with van der Waals surface area (Å²) in [6.45, 7) is 2.16. The number of halogens is 2. The van der Waals surface area contributed by atoms with Crippen LogP contribution in [0.3, 0.4) is 0 Å². The van der Waals surface area contributed by atoms with Crippen molar-refractivity contribution in [1.82, 2.24) is 25.5 Å². The van der Waals surface area contributed by atoms with E-state index in [4.69, 9.17) is 4.74 Å². The van der Waals surface area contributed by atoms with Crippen molar-refractivity contribution >= 4 is 0 Å². The van der Waals surface area contributed by atoms with Crippen LogP contribution in [0.1, 0.15) is 12.8 Å². The van der Waals surface area contributed by atoms with Crippen LogP contribution in [0.4, 0.5) is 8.78 Å². The van der Waals surface area contributed by atoms with Gasteiger partial charge in [0.25, 0.3) is 0 Å². The van der Waals surface area contributed by atoms with Gasteiger partial charge in [0.1, 0.15) is 0 Å². The number of piperidine rings is 1. The summed E-state index contributed by atoms with van der Waals surface area (Å²) in [5.74, 6) is -0.870. The molecule has 0 atom stereocenters. The van der Waals surface area contributed by atoms with E-state index < -0.39 is 11.6 Å². The Bertz CT molecular complexity index is 928. The Morgan fingerprint density at radius 1 is 1.04 bits per heavy atom. The van der Waals surface area contributed by atoms with Gasteiger partial charge < -0.3 is 10.1 Å². The summed E-state index contributed by atoms with van der Waals surface area (Å²) in [5, 5.41) is 15.1. The molecule has 0 unspecified atom stereocenters. The molecule has 4 rings (SSSR count). The van der Waals surface area contributed by atoms with Crippen molar-refractivity contribution in [3.05, 3.63) is 48.0 Å². The van der Waals surface area contributed by atoms with Gasteiger partial charge in [0.2, 0.25) is 5.82 Å². The molecule has 3 aromatic rings. The maximum absolute atomic E-state index is 14.5. The Balaban J connectivity index is 1.50. The van der Waals surface area contributed by atoms with Crippen LogP contribution in [0.15, 0.2) is 36.4 Å². The Hall–Kier alpha value is -2.87. The molecular formula is C20H21F2N5O. The van der Waals surface area contributed by atoms with Gasteiger partial charge in [-0.05, 0) is 60.3 Å². The molecule has 0 saturated carbocycles. The first-order chi connectivity index (χ1) is 13.6. The molecule has 1 aliphatic heterocycles. The number of tetrazole rings is 1. The largest absolute Gasteiger partial charge is 0.487 e. The van der Waals surface area contributed by atoms with Crippen LogP contribution in [0.5, 0.6) is 5.75 Å². The highest BCUT2D eigenvalue weighted by atomic mass is 19.1. The monoisotopic (exact) mass is 385 g/mol. The second-order valence-corrected chi connectivity index (χ2v) is 6.95. The topological polar surface area (TPSA) is 64.9 Å². The molecule has 0 radical (unpaired) electrons. The Labute approximate surface area is 161 Å². The van der Waals surface area contributed by atoms with Crippen molar-refractivity contribution in [3.63, 3.8) is 0 Å². The Morgan fingerprint density at radius 2 is 1.68 bits per heavy atom. The average Bonchev–Trinajstić information content (AvgIpc) is 3.14. The number of nitrogens with zero attached hydrogens (tertiary/aromatic N) is 4. The van der Waals surface area contributed by atoms with Crippen molar-refractivity contribution in [1.29, 1.82) is 0 Å². The summed E-state index contributed by atoms with van der Waals surface area (Å²) >= 11 is 0. The van der Waals surface area contributed by atoms with Crippen molar-refractivity contribution in [2.45, 2.75) is 12.8 Å². The molecule has 1 aromatic heterocycles. The second-order valence-electron chi connectivity index (χ2n) is 6.95. The minimum atomic E-state index is -0.691.